The molecule has 1 aromatic heterocycles. The minimum atomic E-state index is -0.523. The van der Waals surface area contributed by atoms with Crippen molar-refractivity contribution in [3.8, 4) is 0 Å². The first-order valence-corrected chi connectivity index (χ1v) is 4.32. The van der Waals surface area contributed by atoms with Crippen LogP contribution in [-0.4, -0.2) is 17.2 Å². The van der Waals surface area contributed by atoms with E-state index in [0.717, 1.165) is 0 Å². The van der Waals surface area contributed by atoms with Crippen LogP contribution < -0.4 is 10.9 Å². The van der Waals surface area contributed by atoms with Crippen LogP contribution in [0.25, 0.3) is 0 Å². The summed E-state index contributed by atoms with van der Waals surface area (Å²) in [7, 11) is 0. The zero-order valence-corrected chi connectivity index (χ0v) is 8.15. The Morgan fingerprint density at radius 1 is 1.50 bits per heavy atom. The van der Waals surface area contributed by atoms with Crippen molar-refractivity contribution in [2.75, 3.05) is 5.43 Å². The van der Waals surface area contributed by atoms with Crippen LogP contribution in [0.1, 0.15) is 13.8 Å². The van der Waals surface area contributed by atoms with E-state index in [9.17, 15) is 4.79 Å². The molecule has 5 nitrogen and oxygen atoms in total. The zero-order valence-electron chi connectivity index (χ0n) is 8.15. The van der Waals surface area contributed by atoms with Crippen molar-refractivity contribution < 1.29 is 9.53 Å². The molecular formula is C9H13N3O2. The normalized spacial score (nSPS) is 9.64. The molecule has 76 valence electrons. The van der Waals surface area contributed by atoms with E-state index in [1.807, 2.05) is 6.07 Å². The molecule has 2 N–H and O–H groups in total. The van der Waals surface area contributed by atoms with E-state index in [-0.39, 0.29) is 6.10 Å². The maximum Gasteiger partial charge on any atom is 0.426 e. The van der Waals surface area contributed by atoms with Crippen molar-refractivity contribution in [2.45, 2.75) is 20.0 Å². The van der Waals surface area contributed by atoms with Gasteiger partial charge in [0.05, 0.1) is 6.10 Å². The van der Waals surface area contributed by atoms with Gasteiger partial charge in [-0.1, -0.05) is 6.07 Å². The lowest BCUT2D eigenvalue weighted by molar-refractivity contribution is 0.117. The average Bonchev–Trinajstić information content (AvgIpc) is 2.15. The second-order valence-electron chi connectivity index (χ2n) is 2.92. The number of hydrogen-bond acceptors (Lipinski definition) is 4. The van der Waals surface area contributed by atoms with Gasteiger partial charge in [-0.2, -0.15) is 0 Å². The Kier molecular flexibility index (Phi) is 3.72. The molecule has 1 heterocycles. The molecule has 0 bridgehead atoms. The van der Waals surface area contributed by atoms with Crippen LogP contribution in [0.15, 0.2) is 24.4 Å². The Balaban J connectivity index is 2.31. The predicted octanol–water partition coefficient (Wildman–Crippen LogP) is 1.54. The maximum absolute atomic E-state index is 11.0. The highest BCUT2D eigenvalue weighted by atomic mass is 16.6. The van der Waals surface area contributed by atoms with Crippen LogP contribution in [0, 0.1) is 0 Å². The molecule has 0 saturated carbocycles. The van der Waals surface area contributed by atoms with Gasteiger partial charge >= 0.3 is 6.09 Å². The minimum Gasteiger partial charge on any atom is -0.446 e. The number of hydrazine groups is 1. The third-order valence-corrected chi connectivity index (χ3v) is 1.30. The molecule has 0 aliphatic rings. The molecule has 0 aromatic carbocycles. The largest absolute Gasteiger partial charge is 0.446 e. The first-order valence-electron chi connectivity index (χ1n) is 4.32. The number of nitrogens with one attached hydrogen (secondary N) is 2. The fourth-order valence-corrected chi connectivity index (χ4v) is 0.795. The Bertz CT molecular complexity index is 287. The van der Waals surface area contributed by atoms with Gasteiger partial charge in [0, 0.05) is 6.20 Å². The van der Waals surface area contributed by atoms with Crippen LogP contribution >= 0.6 is 0 Å². The number of ether oxygens (including phenoxy) is 1. The monoisotopic (exact) mass is 195 g/mol. The van der Waals surface area contributed by atoms with Crippen LogP contribution in [0.3, 0.4) is 0 Å². The van der Waals surface area contributed by atoms with E-state index in [0.29, 0.717) is 5.82 Å². The summed E-state index contributed by atoms with van der Waals surface area (Å²) in [6, 6.07) is 5.33. The van der Waals surface area contributed by atoms with Gasteiger partial charge in [0.2, 0.25) is 0 Å². The topological polar surface area (TPSA) is 63.2 Å². The van der Waals surface area contributed by atoms with Gasteiger partial charge in [0.1, 0.15) is 5.82 Å². The maximum atomic E-state index is 11.0. The first-order chi connectivity index (χ1) is 6.68. The summed E-state index contributed by atoms with van der Waals surface area (Å²) < 4.78 is 4.83. The van der Waals surface area contributed by atoms with Crippen molar-refractivity contribution in [1.29, 1.82) is 0 Å². The molecule has 1 rings (SSSR count). The van der Waals surface area contributed by atoms with E-state index in [2.05, 4.69) is 15.8 Å². The van der Waals surface area contributed by atoms with Gasteiger partial charge in [-0.25, -0.2) is 15.2 Å². The van der Waals surface area contributed by atoms with Crippen molar-refractivity contribution >= 4 is 11.9 Å². The Morgan fingerprint density at radius 3 is 2.86 bits per heavy atom. The minimum absolute atomic E-state index is 0.138. The molecule has 0 aliphatic heterocycles. The van der Waals surface area contributed by atoms with Crippen molar-refractivity contribution in [3.05, 3.63) is 24.4 Å². The number of anilines is 1. The van der Waals surface area contributed by atoms with Gasteiger partial charge < -0.3 is 4.74 Å². The fourth-order valence-electron chi connectivity index (χ4n) is 0.795. The molecule has 1 aromatic rings. The van der Waals surface area contributed by atoms with Crippen LogP contribution in [-0.2, 0) is 4.74 Å². The van der Waals surface area contributed by atoms with Crippen molar-refractivity contribution in [2.24, 2.45) is 0 Å². The molecule has 5 heteroatoms. The van der Waals surface area contributed by atoms with Crippen molar-refractivity contribution in [1.82, 2.24) is 10.4 Å². The molecular weight excluding hydrogens is 182 g/mol. The van der Waals surface area contributed by atoms with Gasteiger partial charge in [0.25, 0.3) is 0 Å². The number of hydrogen-bond donors (Lipinski definition) is 2. The number of rotatable bonds is 3. The highest BCUT2D eigenvalue weighted by Crippen LogP contribution is 1.97. The first kappa shape index (κ1) is 10.3. The van der Waals surface area contributed by atoms with Gasteiger partial charge in [-0.3, -0.25) is 5.43 Å². The molecule has 0 fully saturated rings. The fraction of sp³-hybridized carbons (Fsp3) is 0.333. The van der Waals surface area contributed by atoms with Gasteiger partial charge in [0.15, 0.2) is 0 Å². The number of carbonyl (C=O) groups is 1. The zero-order chi connectivity index (χ0) is 10.4. The third kappa shape index (κ3) is 3.75. The molecule has 0 atom stereocenters. The van der Waals surface area contributed by atoms with E-state index >= 15 is 0 Å². The number of nitrogens with zero attached hydrogens (tertiary/aromatic N) is 1. The summed E-state index contributed by atoms with van der Waals surface area (Å²) in [5.41, 5.74) is 4.97. The number of carbonyl (C=O) groups excluding carboxylic acids is 1. The predicted molar refractivity (Wildman–Crippen MR) is 52.6 cm³/mol. The van der Waals surface area contributed by atoms with E-state index in [4.69, 9.17) is 4.74 Å². The van der Waals surface area contributed by atoms with Crippen LogP contribution in [0.2, 0.25) is 0 Å². The number of pyridine rings is 1. The summed E-state index contributed by atoms with van der Waals surface area (Å²) in [5.74, 6) is 0.563. The lowest BCUT2D eigenvalue weighted by Gasteiger charge is -2.10. The van der Waals surface area contributed by atoms with E-state index in [1.165, 1.54) is 0 Å². The second kappa shape index (κ2) is 5.06. The molecule has 0 aliphatic carbocycles. The number of amides is 1. The quantitative estimate of drug-likeness (QED) is 0.718. The second-order valence-corrected chi connectivity index (χ2v) is 2.92. The van der Waals surface area contributed by atoms with E-state index in [1.54, 1.807) is 32.2 Å². The van der Waals surface area contributed by atoms with Crippen LogP contribution in [0.5, 0.6) is 0 Å². The summed E-state index contributed by atoms with van der Waals surface area (Å²) in [6.45, 7) is 3.56. The number of aromatic nitrogens is 1. The molecule has 14 heavy (non-hydrogen) atoms. The molecule has 0 spiro atoms. The Hall–Kier alpha value is -1.78. The average molecular weight is 195 g/mol. The summed E-state index contributed by atoms with van der Waals surface area (Å²) in [6.07, 6.45) is 0.962. The van der Waals surface area contributed by atoms with Gasteiger partial charge in [-0.05, 0) is 26.0 Å². The lowest BCUT2D eigenvalue weighted by Crippen LogP contribution is -2.32. The summed E-state index contributed by atoms with van der Waals surface area (Å²) >= 11 is 0. The summed E-state index contributed by atoms with van der Waals surface area (Å²) in [4.78, 5) is 15.0. The Labute approximate surface area is 82.5 Å². The molecule has 0 saturated heterocycles. The lowest BCUT2D eigenvalue weighted by atomic mass is 10.5. The molecule has 1 amide bonds. The molecule has 0 unspecified atom stereocenters. The summed E-state index contributed by atoms with van der Waals surface area (Å²) in [5, 5.41) is 0. The van der Waals surface area contributed by atoms with Crippen molar-refractivity contribution in [3.63, 3.8) is 0 Å². The SMILES string of the molecule is CC(C)OC(=O)NNc1ccccn1. The molecule has 0 radical (unpaired) electrons. The highest BCUT2D eigenvalue weighted by molar-refractivity contribution is 5.68. The Morgan fingerprint density at radius 2 is 2.29 bits per heavy atom. The van der Waals surface area contributed by atoms with Gasteiger partial charge in [-0.15, -0.1) is 0 Å². The standard InChI is InChI=1S/C9H13N3O2/c1-7(2)14-9(13)12-11-8-5-3-4-6-10-8/h3-7H,1-2H3,(H,10,11)(H,12,13). The van der Waals surface area contributed by atoms with E-state index < -0.39 is 6.09 Å². The smallest absolute Gasteiger partial charge is 0.426 e. The highest BCUT2D eigenvalue weighted by Gasteiger charge is 2.03. The van der Waals surface area contributed by atoms with Crippen LogP contribution in [0.4, 0.5) is 10.6 Å². The third-order valence-electron chi connectivity index (χ3n) is 1.30.